The summed E-state index contributed by atoms with van der Waals surface area (Å²) in [5.41, 5.74) is 0.456. The molecule has 1 N–H and O–H groups in total. The second-order valence-electron chi connectivity index (χ2n) is 5.96. The average molecular weight is 309 g/mol. The van der Waals surface area contributed by atoms with E-state index in [2.05, 4.69) is 4.72 Å². The molecule has 0 radical (unpaired) electrons. The molecule has 0 heterocycles. The lowest BCUT2D eigenvalue weighted by Crippen LogP contribution is -2.12. The first-order chi connectivity index (χ1) is 9.94. The lowest BCUT2D eigenvalue weighted by molar-refractivity contribution is -0.136. The highest BCUT2D eigenvalue weighted by atomic mass is 32.2. The monoisotopic (exact) mass is 309 g/mol. The molecule has 0 aromatic heterocycles. The van der Waals surface area contributed by atoms with Crippen molar-refractivity contribution in [3.8, 4) is 5.75 Å². The van der Waals surface area contributed by atoms with Crippen LogP contribution in [0.3, 0.4) is 0 Å². The van der Waals surface area contributed by atoms with E-state index < -0.39 is 10.0 Å². The third-order valence-corrected chi connectivity index (χ3v) is 4.91. The number of carbonyl (C=O) groups is 1. The molecule has 0 bridgehead atoms. The lowest BCUT2D eigenvalue weighted by atomic mass is 10.0. The maximum Gasteiger partial charge on any atom is 0.314 e. The third kappa shape index (κ3) is 3.37. The fraction of sp³-hybridized carbons (Fsp3) is 0.533. The maximum atomic E-state index is 12.1. The first-order valence-corrected chi connectivity index (χ1v) is 9.13. The van der Waals surface area contributed by atoms with Gasteiger partial charge in [0.05, 0.1) is 12.2 Å². The lowest BCUT2D eigenvalue weighted by Gasteiger charge is -2.06. The Morgan fingerprint density at radius 2 is 1.71 bits per heavy atom. The smallest absolute Gasteiger partial charge is 0.314 e. The second kappa shape index (κ2) is 5.33. The van der Waals surface area contributed by atoms with Crippen LogP contribution in [0.5, 0.6) is 5.75 Å². The molecule has 114 valence electrons. The molecule has 2 aliphatic rings. The molecule has 0 amide bonds. The Kier molecular flexibility index (Phi) is 3.65. The van der Waals surface area contributed by atoms with Crippen LogP contribution in [0, 0.1) is 17.8 Å². The summed E-state index contributed by atoms with van der Waals surface area (Å²) >= 11 is 0. The molecular weight excluding hydrogens is 290 g/mol. The zero-order valence-corrected chi connectivity index (χ0v) is 12.7. The number of rotatable bonds is 4. The van der Waals surface area contributed by atoms with Crippen molar-refractivity contribution in [3.05, 3.63) is 24.3 Å². The molecule has 21 heavy (non-hydrogen) atoms. The maximum absolute atomic E-state index is 12.1. The number of hydrogen-bond acceptors (Lipinski definition) is 4. The van der Waals surface area contributed by atoms with E-state index in [1.807, 2.05) is 0 Å². The molecule has 2 fully saturated rings. The number of hydrogen-bond donors (Lipinski definition) is 1. The minimum absolute atomic E-state index is 0.0707. The summed E-state index contributed by atoms with van der Waals surface area (Å²) in [6.45, 7) is 0. The van der Waals surface area contributed by atoms with E-state index in [0.29, 0.717) is 23.3 Å². The number of nitrogens with one attached hydrogen (secondary N) is 1. The van der Waals surface area contributed by atoms with E-state index in [1.54, 1.807) is 24.3 Å². The number of esters is 1. The summed E-state index contributed by atoms with van der Waals surface area (Å²) in [7, 11) is -3.29. The molecule has 3 atom stereocenters. The van der Waals surface area contributed by atoms with Gasteiger partial charge in [-0.1, -0.05) is 12.8 Å². The number of fused-ring (bicyclic) bond motifs is 1. The van der Waals surface area contributed by atoms with Gasteiger partial charge in [0.25, 0.3) is 0 Å². The minimum atomic E-state index is -3.29. The molecular formula is C15H19NO4S. The molecule has 1 aromatic rings. The first-order valence-electron chi connectivity index (χ1n) is 7.23. The van der Waals surface area contributed by atoms with Crippen molar-refractivity contribution >= 4 is 21.7 Å². The summed E-state index contributed by atoms with van der Waals surface area (Å²) in [6, 6.07) is 6.39. The van der Waals surface area contributed by atoms with Gasteiger partial charge in [-0.15, -0.1) is 0 Å². The second-order valence-corrected chi connectivity index (χ2v) is 7.71. The van der Waals surface area contributed by atoms with Crippen LogP contribution in [-0.2, 0) is 14.8 Å². The zero-order valence-electron chi connectivity index (χ0n) is 11.9. The summed E-state index contributed by atoms with van der Waals surface area (Å²) in [5.74, 6) is 1.44. The van der Waals surface area contributed by atoms with Crippen molar-refractivity contribution in [2.24, 2.45) is 17.8 Å². The Hall–Kier alpha value is -1.56. The summed E-state index contributed by atoms with van der Waals surface area (Å²) < 4.78 is 30.0. The minimum Gasteiger partial charge on any atom is -0.426 e. The highest BCUT2D eigenvalue weighted by Gasteiger charge is 2.55. The molecule has 0 saturated heterocycles. The quantitative estimate of drug-likeness (QED) is 0.685. The van der Waals surface area contributed by atoms with Gasteiger partial charge in [0.2, 0.25) is 10.0 Å². The summed E-state index contributed by atoms with van der Waals surface area (Å²) in [6.07, 6.45) is 5.81. The summed E-state index contributed by atoms with van der Waals surface area (Å²) in [5, 5.41) is 0. The molecule has 0 aliphatic heterocycles. The van der Waals surface area contributed by atoms with Gasteiger partial charge in [0.15, 0.2) is 0 Å². The van der Waals surface area contributed by atoms with Gasteiger partial charge < -0.3 is 4.74 Å². The number of sulfonamides is 1. The van der Waals surface area contributed by atoms with Gasteiger partial charge in [-0.2, -0.15) is 0 Å². The van der Waals surface area contributed by atoms with Crippen LogP contribution in [-0.4, -0.2) is 20.6 Å². The van der Waals surface area contributed by atoms with Crippen LogP contribution in [0.4, 0.5) is 5.69 Å². The van der Waals surface area contributed by atoms with Crippen LogP contribution in [0.15, 0.2) is 24.3 Å². The van der Waals surface area contributed by atoms with Gasteiger partial charge in [-0.25, -0.2) is 8.42 Å². The van der Waals surface area contributed by atoms with E-state index in [4.69, 9.17) is 4.74 Å². The SMILES string of the molecule is CS(=O)(=O)Nc1ccc(OC(=O)C2[C@H]3CCCC[C@@H]23)cc1. The highest BCUT2D eigenvalue weighted by Crippen LogP contribution is 2.55. The van der Waals surface area contributed by atoms with E-state index >= 15 is 0 Å². The van der Waals surface area contributed by atoms with E-state index in [9.17, 15) is 13.2 Å². The van der Waals surface area contributed by atoms with Gasteiger partial charge >= 0.3 is 5.97 Å². The average Bonchev–Trinajstić information content (AvgIpc) is 3.13. The van der Waals surface area contributed by atoms with E-state index in [1.165, 1.54) is 12.8 Å². The van der Waals surface area contributed by atoms with Crippen molar-refractivity contribution in [2.45, 2.75) is 25.7 Å². The normalized spacial score (nSPS) is 27.6. The Labute approximate surface area is 124 Å². The van der Waals surface area contributed by atoms with Crippen molar-refractivity contribution in [2.75, 3.05) is 11.0 Å². The molecule has 2 aliphatic carbocycles. The number of carbonyl (C=O) groups excluding carboxylic acids is 1. The largest absolute Gasteiger partial charge is 0.426 e. The Balaban J connectivity index is 1.59. The predicted octanol–water partition coefficient (Wildman–Crippen LogP) is 2.40. The van der Waals surface area contributed by atoms with Crippen LogP contribution >= 0.6 is 0 Å². The van der Waals surface area contributed by atoms with Crippen LogP contribution < -0.4 is 9.46 Å². The Morgan fingerprint density at radius 1 is 1.14 bits per heavy atom. The van der Waals surface area contributed by atoms with Crippen molar-refractivity contribution in [1.82, 2.24) is 0 Å². The molecule has 6 heteroatoms. The van der Waals surface area contributed by atoms with E-state index in [0.717, 1.165) is 19.1 Å². The molecule has 1 aromatic carbocycles. The van der Waals surface area contributed by atoms with Gasteiger partial charge in [-0.05, 0) is 48.9 Å². The van der Waals surface area contributed by atoms with Crippen LogP contribution in [0.25, 0.3) is 0 Å². The summed E-state index contributed by atoms with van der Waals surface area (Å²) in [4.78, 5) is 12.1. The highest BCUT2D eigenvalue weighted by molar-refractivity contribution is 7.92. The number of anilines is 1. The molecule has 1 unspecified atom stereocenters. The predicted molar refractivity (Wildman–Crippen MR) is 79.5 cm³/mol. The van der Waals surface area contributed by atoms with Gasteiger partial charge in [0, 0.05) is 5.69 Å². The van der Waals surface area contributed by atoms with Crippen LogP contribution in [0.1, 0.15) is 25.7 Å². The fourth-order valence-electron chi connectivity index (χ4n) is 3.33. The van der Waals surface area contributed by atoms with Crippen molar-refractivity contribution in [1.29, 1.82) is 0 Å². The topological polar surface area (TPSA) is 72.5 Å². The molecule has 5 nitrogen and oxygen atoms in total. The molecule has 0 spiro atoms. The zero-order chi connectivity index (χ0) is 15.0. The Bertz CT molecular complexity index is 626. The Morgan fingerprint density at radius 3 is 2.24 bits per heavy atom. The van der Waals surface area contributed by atoms with Gasteiger partial charge in [0.1, 0.15) is 5.75 Å². The number of benzene rings is 1. The van der Waals surface area contributed by atoms with Gasteiger partial charge in [-0.3, -0.25) is 9.52 Å². The fourth-order valence-corrected chi connectivity index (χ4v) is 3.90. The van der Waals surface area contributed by atoms with Crippen molar-refractivity contribution < 1.29 is 17.9 Å². The van der Waals surface area contributed by atoms with E-state index in [-0.39, 0.29) is 11.9 Å². The standard InChI is InChI=1S/C15H19NO4S/c1-21(18,19)16-10-6-8-11(9-7-10)20-15(17)14-12-4-2-3-5-13(12)14/h6-9,12-14,16H,2-5H2,1H3/t12-,13+,14?. The van der Waals surface area contributed by atoms with Crippen LogP contribution in [0.2, 0.25) is 0 Å². The van der Waals surface area contributed by atoms with Crippen molar-refractivity contribution in [3.63, 3.8) is 0 Å². The number of ether oxygens (including phenoxy) is 1. The third-order valence-electron chi connectivity index (χ3n) is 4.30. The first kappa shape index (κ1) is 14.4. The molecule has 2 saturated carbocycles. The molecule has 3 rings (SSSR count).